The second kappa shape index (κ2) is 40.0. The fourth-order valence-corrected chi connectivity index (χ4v) is 14.5. The number of sulfonamides is 1. The third-order valence-electron chi connectivity index (χ3n) is 12.3. The van der Waals surface area contributed by atoms with E-state index in [1.54, 1.807) is 24.3 Å². The number of nitrogens with zero attached hydrogens (tertiary/aromatic N) is 1. The summed E-state index contributed by atoms with van der Waals surface area (Å²) in [5.41, 5.74) is 4.18. The van der Waals surface area contributed by atoms with Gasteiger partial charge in [0, 0.05) is 128 Å². The molecule has 7 aromatic carbocycles. The molecule has 1 aliphatic heterocycles. The molecular weight excluding hydrogens is 1750 g/mol. The molecule has 99 heavy (non-hydrogen) atoms. The van der Waals surface area contributed by atoms with E-state index in [4.69, 9.17) is 55.4 Å². The van der Waals surface area contributed by atoms with E-state index in [1.807, 2.05) is 0 Å². The number of aromatic carboxylic acids is 2. The first-order chi connectivity index (χ1) is 45.2. The number of halogens is 16. The van der Waals surface area contributed by atoms with Crippen LogP contribution in [0, 0.1) is 52.4 Å². The van der Waals surface area contributed by atoms with Gasteiger partial charge in [0.05, 0.1) is 38.0 Å². The standard InChI is InChI=1S/C18H16BrF3N2O4S.C13H6BrClF3NO3S.C7H4BrClO4S.C7H5BrO2.C6H4F3N.C6H12O.CH4.ClHO3S/c19-13-2-1-10(18(26)23-11-8-14(20)17(22)15(21)9-11)7-16(13)29(27,28)24-5-3-12(25)4-6-24;14-8-2-1-6(3-11(8)23(15,21)22)13(20)19-7-4-9(16)12(18)10(17)5-7;8-5-2-1-4(7(10)11)3-6(5)14(9,12)13;8-6-3-1-5(2-4-6)7(9)10;7-4-1-3(10)2-5(8)6(4)9;7-6-4-2-1-3-5-6;;1-5(2,3)4/h1-2,7-9,12,25H,3-6H2,(H,23,26);1-5H,(H,19,20);1-3H,(H,10,11);1-4H,(H,9,10);1-2H,10H2;6-7H,1-5H2;1H4;(H,2,3,4). The summed E-state index contributed by atoms with van der Waals surface area (Å²) in [6.07, 6.45) is 5.98. The summed E-state index contributed by atoms with van der Waals surface area (Å²) < 4.78 is 214. The lowest BCUT2D eigenvalue weighted by atomic mass is 9.98. The molecule has 9 N–H and O–H groups in total. The Morgan fingerprint density at radius 2 is 0.747 bits per heavy atom. The SMILES string of the molecule is C.Nc1cc(F)c(F)c(F)c1.O=C(Nc1cc(F)c(F)c(F)c1)c1ccc(Br)c(S(=O)(=O)Cl)c1.O=C(Nc1cc(F)c(F)c(F)c1)c1ccc(Br)c(S(=O)(=O)N2CCC(O)CC2)c1.O=C(O)c1ccc(Br)c(S(=O)(=O)Cl)c1.O=C(O)c1ccc(Br)cc1.O=S(=O)(O)Cl.OC1CCCCC1. The normalized spacial score (nSPS) is 13.2. The van der Waals surface area contributed by atoms with Gasteiger partial charge in [-0.05, 0) is 152 Å². The maximum Gasteiger partial charge on any atom is 0.353 e. The Morgan fingerprint density at radius 3 is 1.07 bits per heavy atom. The summed E-state index contributed by atoms with van der Waals surface area (Å²) in [4.78, 5) is 44.5. The van der Waals surface area contributed by atoms with Gasteiger partial charge in [0.25, 0.3) is 29.9 Å². The van der Waals surface area contributed by atoms with Crippen molar-refractivity contribution in [1.29, 1.82) is 0 Å². The highest BCUT2D eigenvalue weighted by Crippen LogP contribution is 2.31. The number of carboxylic acids is 2. The Morgan fingerprint density at radius 1 is 0.455 bits per heavy atom. The van der Waals surface area contributed by atoms with E-state index >= 15 is 0 Å². The summed E-state index contributed by atoms with van der Waals surface area (Å²) in [6.45, 7) is 0.279. The lowest BCUT2D eigenvalue weighted by Gasteiger charge is -2.29. The van der Waals surface area contributed by atoms with Crippen LogP contribution in [0.25, 0.3) is 0 Å². The zero-order chi connectivity index (χ0) is 74.5. The van der Waals surface area contributed by atoms with Crippen LogP contribution in [0.4, 0.5) is 56.6 Å². The average Bonchev–Trinajstić information content (AvgIpc) is 0.790. The van der Waals surface area contributed by atoms with Gasteiger partial charge >= 0.3 is 21.3 Å². The number of piperidine rings is 1. The minimum atomic E-state index is -4.19. The predicted octanol–water partition coefficient (Wildman–Crippen LogP) is 15.2. The van der Waals surface area contributed by atoms with Gasteiger partial charge in [-0.1, -0.05) is 42.6 Å². The number of aliphatic hydroxyl groups is 2. The van der Waals surface area contributed by atoms with Crippen LogP contribution in [0.3, 0.4) is 0 Å². The van der Waals surface area contributed by atoms with Crippen molar-refractivity contribution in [2.45, 2.75) is 79.3 Å². The number of aliphatic hydroxyl groups excluding tert-OH is 2. The van der Waals surface area contributed by atoms with Gasteiger partial charge in [0.1, 0.15) is 0 Å². The van der Waals surface area contributed by atoms with Crippen molar-refractivity contribution < 1.29 is 117 Å². The molecule has 7 aromatic rings. The number of rotatable bonds is 10. The van der Waals surface area contributed by atoms with E-state index in [9.17, 15) is 89.1 Å². The lowest BCUT2D eigenvalue weighted by molar-refractivity contribution is 0.0686. The molecule has 2 amide bonds. The Balaban J connectivity index is 0.000000422. The summed E-state index contributed by atoms with van der Waals surface area (Å²) in [6, 6.07) is 21.3. The number of nitrogen functional groups attached to an aromatic ring is 1. The Labute approximate surface area is 607 Å². The van der Waals surface area contributed by atoms with E-state index in [-0.39, 0.29) is 88.5 Å². The first kappa shape index (κ1) is 89.1. The molecule has 0 unspecified atom stereocenters. The summed E-state index contributed by atoms with van der Waals surface area (Å²) in [7, 11) is -1.79. The average molecular weight is 1800 g/mol. The Hall–Kier alpha value is -5.98. The van der Waals surface area contributed by atoms with Crippen molar-refractivity contribution in [3.05, 3.63) is 208 Å². The fraction of sp³-hybridized carbons (Fsp3) is 0.207. The van der Waals surface area contributed by atoms with Crippen molar-refractivity contribution >= 4 is 174 Å². The van der Waals surface area contributed by atoms with Crippen LogP contribution in [0.15, 0.2) is 148 Å². The molecule has 1 saturated carbocycles. The number of nitrogens with one attached hydrogen (secondary N) is 2. The molecule has 0 radical (unpaired) electrons. The highest BCUT2D eigenvalue weighted by atomic mass is 79.9. The van der Waals surface area contributed by atoms with E-state index < -0.39 is 120 Å². The predicted molar refractivity (Wildman–Crippen MR) is 363 cm³/mol. The molecule has 2 aliphatic rings. The second-order valence-electron chi connectivity index (χ2n) is 19.5. The van der Waals surface area contributed by atoms with Crippen LogP contribution in [0.5, 0.6) is 0 Å². The fourth-order valence-electron chi connectivity index (χ4n) is 7.63. The molecule has 21 nitrogen and oxygen atoms in total. The summed E-state index contributed by atoms with van der Waals surface area (Å²) >= 11 is 12.3. The molecule has 0 bridgehead atoms. The van der Waals surface area contributed by atoms with Crippen LogP contribution in [0.1, 0.15) is 93.8 Å². The largest absolute Gasteiger partial charge is 0.478 e. The Bertz CT molecular complexity index is 4450. The van der Waals surface area contributed by atoms with E-state index in [0.29, 0.717) is 42.7 Å². The van der Waals surface area contributed by atoms with Crippen molar-refractivity contribution in [3.63, 3.8) is 0 Å². The van der Waals surface area contributed by atoms with Crippen LogP contribution in [-0.2, 0) is 37.5 Å². The smallest absolute Gasteiger partial charge is 0.353 e. The lowest BCUT2D eigenvalue weighted by Crippen LogP contribution is -2.40. The molecule has 542 valence electrons. The van der Waals surface area contributed by atoms with Crippen molar-refractivity contribution in [2.24, 2.45) is 0 Å². The molecule has 41 heteroatoms. The van der Waals surface area contributed by atoms with Crippen molar-refractivity contribution in [3.8, 4) is 0 Å². The maximum atomic E-state index is 13.3. The molecule has 2 fully saturated rings. The molecular formula is C58H52Br4Cl3F9N4O17S4. The second-order valence-corrected chi connectivity index (χ2v) is 31.9. The first-order valence-corrected chi connectivity index (χ1v) is 38.1. The number of nitrogens with two attached hydrogens (primary N) is 1. The highest BCUT2D eigenvalue weighted by Gasteiger charge is 2.31. The highest BCUT2D eigenvalue weighted by molar-refractivity contribution is 9.11. The van der Waals surface area contributed by atoms with E-state index in [2.05, 4.69) is 85.0 Å². The summed E-state index contributed by atoms with van der Waals surface area (Å²) in [5.74, 6) is -17.0. The number of amides is 2. The van der Waals surface area contributed by atoms with Crippen molar-refractivity contribution in [1.82, 2.24) is 4.31 Å². The number of carboxylic acid groups (broad SMARTS) is 2. The third-order valence-corrected chi connectivity index (χ3v) is 20.3. The minimum absolute atomic E-state index is 0. The van der Waals surface area contributed by atoms with Crippen LogP contribution >= 0.6 is 95.8 Å². The number of anilines is 3. The van der Waals surface area contributed by atoms with Gasteiger partial charge in [-0.2, -0.15) is 12.7 Å². The zero-order valence-electron chi connectivity index (χ0n) is 48.8. The molecule has 1 saturated heterocycles. The van der Waals surface area contributed by atoms with Gasteiger partial charge in [-0.25, -0.2) is 74.4 Å². The topological polar surface area (TPSA) is 359 Å². The van der Waals surface area contributed by atoms with Gasteiger partial charge in [-0.3, -0.25) is 14.1 Å². The van der Waals surface area contributed by atoms with Gasteiger partial charge in [0.2, 0.25) is 10.0 Å². The number of hydrogen-bond acceptors (Lipinski definition) is 15. The van der Waals surface area contributed by atoms with Crippen LogP contribution < -0.4 is 16.4 Å². The van der Waals surface area contributed by atoms with Crippen LogP contribution in [-0.4, -0.2) is 112 Å². The van der Waals surface area contributed by atoms with Gasteiger partial charge in [-0.15, -0.1) is 0 Å². The van der Waals surface area contributed by atoms with Crippen molar-refractivity contribution in [2.75, 3.05) is 29.5 Å². The number of benzene rings is 7. The monoisotopic (exact) mass is 1800 g/mol. The van der Waals surface area contributed by atoms with Crippen LogP contribution in [0.2, 0.25) is 0 Å². The van der Waals surface area contributed by atoms with Gasteiger partial charge in [0.15, 0.2) is 52.4 Å². The molecule has 9 rings (SSSR count). The molecule has 0 atom stereocenters. The minimum Gasteiger partial charge on any atom is -0.478 e. The number of carbonyl (C=O) groups is 4. The first-order valence-electron chi connectivity index (χ1n) is 26.6. The Kier molecular flexibility index (Phi) is 36.0. The molecule has 0 aromatic heterocycles. The third kappa shape index (κ3) is 30.2. The van der Waals surface area contributed by atoms with E-state index in [0.717, 1.165) is 47.6 Å². The van der Waals surface area contributed by atoms with Gasteiger partial charge < -0.3 is 36.8 Å². The molecule has 0 spiro atoms. The molecule has 1 aliphatic carbocycles. The number of carbonyl (C=O) groups excluding carboxylic acids is 2. The number of hydrogen-bond donors (Lipinski definition) is 8. The zero-order valence-corrected chi connectivity index (χ0v) is 60.7. The summed E-state index contributed by atoms with van der Waals surface area (Å²) in [5, 5.41) is 39.9. The van der Waals surface area contributed by atoms with E-state index in [1.165, 1.54) is 60.0 Å². The molecule has 1 heterocycles. The maximum absolute atomic E-state index is 13.3. The quantitative estimate of drug-likeness (QED) is 0.0207.